The van der Waals surface area contributed by atoms with Gasteiger partial charge in [-0.15, -0.1) is 0 Å². The Morgan fingerprint density at radius 2 is 1.85 bits per heavy atom. The van der Waals surface area contributed by atoms with Crippen molar-refractivity contribution in [3.63, 3.8) is 0 Å². The van der Waals surface area contributed by atoms with Crippen LogP contribution in [0.1, 0.15) is 52.9 Å². The van der Waals surface area contributed by atoms with Crippen molar-refractivity contribution >= 4 is 5.97 Å². The molecule has 0 aliphatic rings. The van der Waals surface area contributed by atoms with Crippen molar-refractivity contribution in [2.75, 3.05) is 20.6 Å². The summed E-state index contributed by atoms with van der Waals surface area (Å²) < 4.78 is 0. The maximum atomic E-state index is 11.2. The second kappa shape index (κ2) is 10.7. The van der Waals surface area contributed by atoms with E-state index in [1.165, 1.54) is 11.1 Å². The summed E-state index contributed by atoms with van der Waals surface area (Å²) in [5.74, 6) is -0.912. The summed E-state index contributed by atoms with van der Waals surface area (Å²) >= 11 is 0. The number of carboxylic acids is 1. The van der Waals surface area contributed by atoms with Crippen LogP contribution in [-0.4, -0.2) is 36.6 Å². The fraction of sp³-hybridized carbons (Fsp3) is 0.706. The molecule has 0 radical (unpaired) electrons. The van der Waals surface area contributed by atoms with Gasteiger partial charge in [0.05, 0.1) is 5.92 Å². The average Bonchev–Trinajstić information content (AvgIpc) is 2.32. The smallest absolute Gasteiger partial charge is 0.306 e. The Bertz CT molecular complexity index is 339. The number of hydrogen-bond acceptors (Lipinski definition) is 2. The molecule has 0 amide bonds. The molecule has 0 aliphatic heterocycles. The van der Waals surface area contributed by atoms with Gasteiger partial charge in [0.2, 0.25) is 0 Å². The Morgan fingerprint density at radius 1 is 1.20 bits per heavy atom. The predicted octanol–water partition coefficient (Wildman–Crippen LogP) is 4.11. The van der Waals surface area contributed by atoms with Gasteiger partial charge in [-0.2, -0.15) is 0 Å². The number of aliphatic carboxylic acids is 1. The molecule has 1 atom stereocenters. The summed E-state index contributed by atoms with van der Waals surface area (Å²) in [7, 11) is 4.03. The van der Waals surface area contributed by atoms with E-state index in [1.54, 1.807) is 0 Å². The highest BCUT2D eigenvalue weighted by molar-refractivity contribution is 5.70. The van der Waals surface area contributed by atoms with Crippen LogP contribution in [0.2, 0.25) is 0 Å². The SMILES string of the molecule is CC(C)=CCCC(C)=CCC(CCCN(C)C)C(=O)O. The highest BCUT2D eigenvalue weighted by Crippen LogP contribution is 2.16. The van der Waals surface area contributed by atoms with Gasteiger partial charge in [0.1, 0.15) is 0 Å². The predicted molar refractivity (Wildman–Crippen MR) is 86.0 cm³/mol. The Labute approximate surface area is 124 Å². The Kier molecular flexibility index (Phi) is 10.1. The van der Waals surface area contributed by atoms with Crippen molar-refractivity contribution < 1.29 is 9.90 Å². The zero-order chi connectivity index (χ0) is 15.5. The van der Waals surface area contributed by atoms with Gasteiger partial charge in [-0.3, -0.25) is 4.79 Å². The summed E-state index contributed by atoms with van der Waals surface area (Å²) in [5.41, 5.74) is 2.63. The van der Waals surface area contributed by atoms with Gasteiger partial charge in [0.25, 0.3) is 0 Å². The molecule has 0 fully saturated rings. The molecule has 0 rings (SSSR count). The van der Waals surface area contributed by atoms with Crippen LogP contribution in [0.25, 0.3) is 0 Å². The molecule has 1 unspecified atom stereocenters. The third-order valence-corrected chi connectivity index (χ3v) is 3.35. The first-order valence-electron chi connectivity index (χ1n) is 7.49. The zero-order valence-electron chi connectivity index (χ0n) is 13.8. The van der Waals surface area contributed by atoms with Gasteiger partial charge < -0.3 is 10.0 Å². The molecule has 0 aromatic rings. The first-order valence-corrected chi connectivity index (χ1v) is 7.49. The van der Waals surface area contributed by atoms with Crippen molar-refractivity contribution in [2.45, 2.75) is 52.9 Å². The van der Waals surface area contributed by atoms with Crippen LogP contribution in [-0.2, 0) is 4.79 Å². The Hall–Kier alpha value is -1.09. The van der Waals surface area contributed by atoms with E-state index in [4.69, 9.17) is 0 Å². The fourth-order valence-electron chi connectivity index (χ4n) is 2.03. The van der Waals surface area contributed by atoms with Crippen molar-refractivity contribution in [1.82, 2.24) is 4.90 Å². The Balaban J connectivity index is 4.17. The van der Waals surface area contributed by atoms with Crippen LogP contribution >= 0.6 is 0 Å². The van der Waals surface area contributed by atoms with Crippen LogP contribution in [0.3, 0.4) is 0 Å². The van der Waals surface area contributed by atoms with E-state index in [2.05, 4.69) is 37.8 Å². The van der Waals surface area contributed by atoms with E-state index >= 15 is 0 Å². The molecule has 0 spiro atoms. The summed E-state index contributed by atoms with van der Waals surface area (Å²) in [6.45, 7) is 7.25. The van der Waals surface area contributed by atoms with E-state index in [9.17, 15) is 9.90 Å². The average molecular weight is 281 g/mol. The monoisotopic (exact) mass is 281 g/mol. The molecule has 0 saturated carbocycles. The molecular weight excluding hydrogens is 250 g/mol. The molecule has 20 heavy (non-hydrogen) atoms. The van der Waals surface area contributed by atoms with Crippen LogP contribution in [0.15, 0.2) is 23.3 Å². The molecule has 116 valence electrons. The lowest BCUT2D eigenvalue weighted by molar-refractivity contribution is -0.141. The molecule has 0 saturated heterocycles. The van der Waals surface area contributed by atoms with Crippen LogP contribution in [0.5, 0.6) is 0 Å². The lowest BCUT2D eigenvalue weighted by atomic mass is 9.97. The molecule has 3 nitrogen and oxygen atoms in total. The summed E-state index contributed by atoms with van der Waals surface area (Å²) in [5, 5.41) is 9.25. The minimum atomic E-state index is -0.669. The second-order valence-electron chi connectivity index (χ2n) is 6.09. The molecule has 1 N–H and O–H groups in total. The minimum absolute atomic E-state index is 0.242. The summed E-state index contributed by atoms with van der Waals surface area (Å²) in [4.78, 5) is 13.3. The van der Waals surface area contributed by atoms with Gasteiger partial charge in [-0.25, -0.2) is 0 Å². The number of rotatable bonds is 10. The number of hydrogen-bond donors (Lipinski definition) is 1. The number of allylic oxidation sites excluding steroid dienone is 4. The lowest BCUT2D eigenvalue weighted by Crippen LogP contribution is -2.18. The lowest BCUT2D eigenvalue weighted by Gasteiger charge is -2.13. The molecule has 0 aromatic heterocycles. The van der Waals surface area contributed by atoms with Gasteiger partial charge in [0, 0.05) is 0 Å². The molecule has 0 heterocycles. The highest BCUT2D eigenvalue weighted by atomic mass is 16.4. The maximum absolute atomic E-state index is 11.2. The van der Waals surface area contributed by atoms with Crippen LogP contribution < -0.4 is 0 Å². The second-order valence-corrected chi connectivity index (χ2v) is 6.09. The van der Waals surface area contributed by atoms with E-state index in [-0.39, 0.29) is 5.92 Å². The number of nitrogens with zero attached hydrogens (tertiary/aromatic N) is 1. The standard InChI is InChI=1S/C17H31NO2/c1-14(2)8-6-9-15(3)11-12-16(17(19)20)10-7-13-18(4)5/h8,11,16H,6-7,9-10,12-13H2,1-5H3,(H,19,20). The number of carboxylic acid groups (broad SMARTS) is 1. The van der Waals surface area contributed by atoms with Gasteiger partial charge in [-0.1, -0.05) is 23.3 Å². The topological polar surface area (TPSA) is 40.5 Å². The highest BCUT2D eigenvalue weighted by Gasteiger charge is 2.15. The molecule has 0 aliphatic carbocycles. The van der Waals surface area contributed by atoms with Crippen LogP contribution in [0, 0.1) is 5.92 Å². The third kappa shape index (κ3) is 10.8. The van der Waals surface area contributed by atoms with E-state index < -0.39 is 5.97 Å². The molecule has 0 bridgehead atoms. The van der Waals surface area contributed by atoms with E-state index in [0.717, 1.165) is 32.2 Å². The fourth-order valence-corrected chi connectivity index (χ4v) is 2.03. The molecule has 0 aromatic carbocycles. The molecule has 3 heteroatoms. The maximum Gasteiger partial charge on any atom is 0.306 e. The van der Waals surface area contributed by atoms with E-state index in [1.807, 2.05) is 14.1 Å². The van der Waals surface area contributed by atoms with Gasteiger partial charge >= 0.3 is 5.97 Å². The quantitative estimate of drug-likeness (QED) is 0.613. The molecular formula is C17H31NO2. The first kappa shape index (κ1) is 18.9. The number of carbonyl (C=O) groups is 1. The van der Waals surface area contributed by atoms with Crippen molar-refractivity contribution in [3.05, 3.63) is 23.3 Å². The third-order valence-electron chi connectivity index (χ3n) is 3.35. The normalized spacial score (nSPS) is 13.4. The minimum Gasteiger partial charge on any atom is -0.481 e. The first-order chi connectivity index (χ1) is 9.32. The van der Waals surface area contributed by atoms with Crippen LogP contribution in [0.4, 0.5) is 0 Å². The summed E-state index contributed by atoms with van der Waals surface area (Å²) in [6.07, 6.45) is 8.75. The van der Waals surface area contributed by atoms with E-state index in [0.29, 0.717) is 6.42 Å². The van der Waals surface area contributed by atoms with Crippen molar-refractivity contribution in [1.29, 1.82) is 0 Å². The van der Waals surface area contributed by atoms with Crippen molar-refractivity contribution in [3.8, 4) is 0 Å². The summed E-state index contributed by atoms with van der Waals surface area (Å²) in [6, 6.07) is 0. The largest absolute Gasteiger partial charge is 0.481 e. The van der Waals surface area contributed by atoms with Gasteiger partial charge in [0.15, 0.2) is 0 Å². The zero-order valence-corrected chi connectivity index (χ0v) is 13.8. The van der Waals surface area contributed by atoms with Crippen molar-refractivity contribution in [2.24, 2.45) is 5.92 Å². The van der Waals surface area contributed by atoms with Gasteiger partial charge in [-0.05, 0) is 73.5 Å². The Morgan fingerprint density at radius 3 is 2.35 bits per heavy atom.